The summed E-state index contributed by atoms with van der Waals surface area (Å²) in [6, 6.07) is 3.94. The smallest absolute Gasteiger partial charge is 0.417 e. The van der Waals surface area contributed by atoms with Crippen LogP contribution in [0.1, 0.15) is 65.5 Å². The Bertz CT molecular complexity index is 987. The van der Waals surface area contributed by atoms with Gasteiger partial charge in [-0.1, -0.05) is 26.8 Å². The molecule has 3 amide bonds. The Morgan fingerprint density at radius 1 is 1.26 bits per heavy atom. The van der Waals surface area contributed by atoms with E-state index in [0.29, 0.717) is 29.3 Å². The van der Waals surface area contributed by atoms with Crippen LogP contribution in [-0.2, 0) is 25.2 Å². The van der Waals surface area contributed by atoms with Gasteiger partial charge < -0.3 is 14.8 Å². The molecule has 2 aliphatic heterocycles. The van der Waals surface area contributed by atoms with Crippen molar-refractivity contribution in [1.82, 2.24) is 5.32 Å². The first-order chi connectivity index (χ1) is 17.8. The SMILES string of the molecule is C=CC1C(C)C2(C)CCC1(C)O2.CC.CCNC(=O)OC.N#Cc1ccc(N(C=O)C=O)cc1C(F)(F)F. The summed E-state index contributed by atoms with van der Waals surface area (Å²) in [5.74, 6) is 1.19. The number of imide groups is 1. The zero-order valence-corrected chi connectivity index (χ0v) is 23.0. The molecule has 0 aliphatic carbocycles. The minimum absolute atomic E-state index is 0.0779. The molecule has 212 valence electrons. The van der Waals surface area contributed by atoms with Gasteiger partial charge >= 0.3 is 12.3 Å². The van der Waals surface area contributed by atoms with E-state index in [9.17, 15) is 27.6 Å². The first-order valence-electron chi connectivity index (χ1n) is 12.2. The molecule has 3 rings (SSSR count). The number of hydrogen-bond donors (Lipinski definition) is 1. The predicted octanol–water partition coefficient (Wildman–Crippen LogP) is 5.85. The van der Waals surface area contributed by atoms with Crippen molar-refractivity contribution in [3.05, 3.63) is 42.0 Å². The number of fused-ring (bicyclic) bond motifs is 2. The number of amides is 3. The van der Waals surface area contributed by atoms with Crippen LogP contribution in [0.3, 0.4) is 0 Å². The molecule has 11 heteroatoms. The number of ether oxygens (including phenoxy) is 2. The first kappa shape index (κ1) is 34.6. The zero-order valence-electron chi connectivity index (χ0n) is 23.0. The van der Waals surface area contributed by atoms with E-state index in [2.05, 4.69) is 43.5 Å². The normalized spacial score (nSPS) is 24.4. The maximum Gasteiger partial charge on any atom is 0.417 e. The van der Waals surface area contributed by atoms with Crippen LogP contribution in [0.4, 0.5) is 23.7 Å². The van der Waals surface area contributed by atoms with Crippen molar-refractivity contribution in [2.45, 2.75) is 71.8 Å². The Kier molecular flexibility index (Phi) is 13.8. The van der Waals surface area contributed by atoms with Crippen LogP contribution in [0.5, 0.6) is 0 Å². The molecule has 2 fully saturated rings. The second-order valence-electron chi connectivity index (χ2n) is 8.76. The van der Waals surface area contributed by atoms with E-state index < -0.39 is 17.3 Å². The number of benzene rings is 1. The summed E-state index contributed by atoms with van der Waals surface area (Å²) in [7, 11) is 1.34. The fraction of sp³-hybridized carbons (Fsp3) is 0.556. The summed E-state index contributed by atoms with van der Waals surface area (Å²) in [5.41, 5.74) is -1.78. The van der Waals surface area contributed by atoms with E-state index in [-0.39, 0.29) is 35.8 Å². The molecule has 0 aromatic heterocycles. The van der Waals surface area contributed by atoms with Crippen LogP contribution in [0.15, 0.2) is 30.9 Å². The molecule has 2 heterocycles. The minimum Gasteiger partial charge on any atom is -0.453 e. The number of halogens is 3. The number of nitrogens with zero attached hydrogens (tertiary/aromatic N) is 2. The highest BCUT2D eigenvalue weighted by Gasteiger charge is 2.59. The molecule has 0 spiro atoms. The Morgan fingerprint density at radius 2 is 1.82 bits per heavy atom. The lowest BCUT2D eigenvalue weighted by Crippen LogP contribution is -2.35. The zero-order chi connectivity index (χ0) is 29.7. The van der Waals surface area contributed by atoms with Crippen molar-refractivity contribution in [2.24, 2.45) is 11.8 Å². The molecule has 0 saturated carbocycles. The molecule has 1 aromatic carbocycles. The number of alkyl carbamates (subject to hydrolysis) is 1. The molecule has 2 aliphatic rings. The average molecular weight is 542 g/mol. The highest BCUT2D eigenvalue weighted by molar-refractivity contribution is 5.95. The van der Waals surface area contributed by atoms with Crippen LogP contribution >= 0.6 is 0 Å². The van der Waals surface area contributed by atoms with Crippen molar-refractivity contribution in [2.75, 3.05) is 18.6 Å². The Morgan fingerprint density at radius 3 is 2.13 bits per heavy atom. The largest absolute Gasteiger partial charge is 0.453 e. The summed E-state index contributed by atoms with van der Waals surface area (Å²) in [4.78, 5) is 31.3. The molecule has 1 N–H and O–H groups in total. The van der Waals surface area contributed by atoms with Crippen LogP contribution in [0.2, 0.25) is 0 Å². The summed E-state index contributed by atoms with van der Waals surface area (Å²) in [6.07, 6.45) is -0.446. The molecule has 1 aromatic rings. The third kappa shape index (κ3) is 8.58. The monoisotopic (exact) mass is 541 g/mol. The third-order valence-corrected chi connectivity index (χ3v) is 6.51. The van der Waals surface area contributed by atoms with Crippen molar-refractivity contribution >= 4 is 24.6 Å². The van der Waals surface area contributed by atoms with Gasteiger partial charge in [0.1, 0.15) is 0 Å². The number of rotatable bonds is 5. The summed E-state index contributed by atoms with van der Waals surface area (Å²) < 4.78 is 48.0. The topological polar surface area (TPSA) is 109 Å². The van der Waals surface area contributed by atoms with Crippen LogP contribution in [0, 0.1) is 23.2 Å². The number of nitrogens with one attached hydrogen (secondary N) is 1. The molecule has 2 bridgehead atoms. The Labute approximate surface area is 222 Å². The number of anilines is 1. The van der Waals surface area contributed by atoms with Crippen molar-refractivity contribution in [3.63, 3.8) is 0 Å². The molecule has 4 unspecified atom stereocenters. The van der Waals surface area contributed by atoms with Gasteiger partial charge in [0.25, 0.3) is 0 Å². The van der Waals surface area contributed by atoms with E-state index in [4.69, 9.17) is 10.00 Å². The van der Waals surface area contributed by atoms with E-state index in [1.165, 1.54) is 26.0 Å². The highest BCUT2D eigenvalue weighted by atomic mass is 19.4. The van der Waals surface area contributed by atoms with Crippen molar-refractivity contribution in [3.8, 4) is 6.07 Å². The number of methoxy groups -OCH3 is 1. The fourth-order valence-corrected chi connectivity index (χ4v) is 4.44. The third-order valence-electron chi connectivity index (χ3n) is 6.51. The number of carbonyl (C=O) groups excluding carboxylic acids is 3. The van der Waals surface area contributed by atoms with Crippen LogP contribution < -0.4 is 10.2 Å². The summed E-state index contributed by atoms with van der Waals surface area (Å²) in [6.45, 7) is 17.1. The van der Waals surface area contributed by atoms with E-state index >= 15 is 0 Å². The molecule has 4 atom stereocenters. The number of nitriles is 1. The summed E-state index contributed by atoms with van der Waals surface area (Å²) >= 11 is 0. The van der Waals surface area contributed by atoms with Gasteiger partial charge in [0.2, 0.25) is 12.8 Å². The number of hydrogen-bond acceptors (Lipinski definition) is 6. The fourth-order valence-electron chi connectivity index (χ4n) is 4.44. The molecule has 8 nitrogen and oxygen atoms in total. The lowest BCUT2D eigenvalue weighted by Gasteiger charge is -2.32. The van der Waals surface area contributed by atoms with Crippen molar-refractivity contribution < 1.29 is 37.0 Å². The Hall–Kier alpha value is -3.39. The maximum atomic E-state index is 12.5. The van der Waals surface area contributed by atoms with Crippen LogP contribution in [-0.4, -0.2) is 43.8 Å². The molecular formula is C27H38F3N3O5. The maximum absolute atomic E-state index is 12.5. The first-order valence-corrected chi connectivity index (χ1v) is 12.2. The van der Waals surface area contributed by atoms with E-state index in [1.54, 1.807) is 0 Å². The van der Waals surface area contributed by atoms with Crippen molar-refractivity contribution in [1.29, 1.82) is 5.26 Å². The van der Waals surface area contributed by atoms with Gasteiger partial charge in [-0.15, -0.1) is 6.58 Å². The van der Waals surface area contributed by atoms with Gasteiger partial charge in [0, 0.05) is 12.5 Å². The lowest BCUT2D eigenvalue weighted by atomic mass is 9.69. The highest BCUT2D eigenvalue weighted by Crippen LogP contribution is 2.57. The summed E-state index contributed by atoms with van der Waals surface area (Å²) in [5, 5.41) is 11.0. The van der Waals surface area contributed by atoms with Crippen LogP contribution in [0.25, 0.3) is 0 Å². The van der Waals surface area contributed by atoms with Gasteiger partial charge in [0.15, 0.2) is 0 Å². The Balaban J connectivity index is 0.000000566. The second kappa shape index (κ2) is 15.1. The average Bonchev–Trinajstić information content (AvgIpc) is 3.32. The van der Waals surface area contributed by atoms with Gasteiger partial charge in [-0.3, -0.25) is 14.5 Å². The minimum atomic E-state index is -4.72. The lowest BCUT2D eigenvalue weighted by molar-refractivity contribution is -0.137. The quantitative estimate of drug-likeness (QED) is 0.370. The standard InChI is InChI=1S/C11H18O.C10H5F3N2O2.C4H9NO2.C2H6/c1-5-9-8(2)10(3)6-7-11(9,4)12-10;11-10(12,13)9-3-8(15(5-16)6-17)2-1-7(9)4-14;1-3-5-4(6)7-2;1-2/h5,8-9H,1,6-7H2,2-4H3;1-3,5-6H;3H2,1-2H3,(H,5,6);1-2H3. The molecule has 38 heavy (non-hydrogen) atoms. The number of carbonyl (C=O) groups is 3. The van der Waals surface area contributed by atoms with Gasteiger partial charge in [0.05, 0.1) is 41.2 Å². The molecule has 2 saturated heterocycles. The molecule has 0 radical (unpaired) electrons. The molecular weight excluding hydrogens is 503 g/mol. The number of alkyl halides is 3. The van der Waals surface area contributed by atoms with Gasteiger partial charge in [-0.25, -0.2) is 4.79 Å². The van der Waals surface area contributed by atoms with E-state index in [1.807, 2.05) is 20.8 Å². The second-order valence-corrected chi connectivity index (χ2v) is 8.76. The van der Waals surface area contributed by atoms with E-state index in [0.717, 1.165) is 12.1 Å². The van der Waals surface area contributed by atoms with Gasteiger partial charge in [-0.2, -0.15) is 18.4 Å². The predicted molar refractivity (Wildman–Crippen MR) is 138 cm³/mol. The van der Waals surface area contributed by atoms with Gasteiger partial charge in [-0.05, 0) is 57.7 Å².